The van der Waals surface area contributed by atoms with Crippen LogP contribution in [-0.2, 0) is 0 Å². The first-order valence-electron chi connectivity index (χ1n) is 4.01. The summed E-state index contributed by atoms with van der Waals surface area (Å²) in [7, 11) is -1.22. The van der Waals surface area contributed by atoms with Gasteiger partial charge in [0.05, 0.1) is 13.8 Å². The minimum atomic E-state index is -1.22. The van der Waals surface area contributed by atoms with Crippen molar-refractivity contribution in [2.45, 2.75) is 19.6 Å². The maximum Gasteiger partial charge on any atom is 0.0775 e. The second-order valence-electron chi connectivity index (χ2n) is 3.92. The average molecular weight is 183 g/mol. The third-order valence-electron chi connectivity index (χ3n) is 1.86. The zero-order chi connectivity index (χ0) is 9.19. The van der Waals surface area contributed by atoms with Crippen molar-refractivity contribution in [1.29, 1.82) is 0 Å². The molecule has 1 N–H and O–H groups in total. The van der Waals surface area contributed by atoms with Crippen LogP contribution < -0.4 is 10.7 Å². The van der Waals surface area contributed by atoms with E-state index in [1.54, 1.807) is 17.7 Å². The Labute approximate surface area is 73.6 Å². The summed E-state index contributed by atoms with van der Waals surface area (Å²) < 4.78 is 11.9. The van der Waals surface area contributed by atoms with Gasteiger partial charge in [-0.05, 0) is 12.1 Å². The van der Waals surface area contributed by atoms with Crippen LogP contribution in [0.25, 0.3) is 0 Å². The molecule has 1 aromatic rings. The summed E-state index contributed by atoms with van der Waals surface area (Å²) in [4.78, 5) is 0. The van der Waals surface area contributed by atoms with Crippen LogP contribution in [0.3, 0.4) is 0 Å². The monoisotopic (exact) mass is 183 g/mol. The fraction of sp³-hybridized carbons (Fsp3) is 0.333. The molecule has 1 rings (SSSR count). The van der Waals surface area contributed by atoms with Gasteiger partial charge in [-0.2, -0.15) is 0 Å². The molecule has 0 heterocycles. The maximum absolute atomic E-state index is 11.9. The third kappa shape index (κ3) is 2.07. The van der Waals surface area contributed by atoms with Crippen LogP contribution >= 0.6 is 0 Å². The molecule has 0 aliphatic rings. The Morgan fingerprint density at radius 3 is 1.92 bits per heavy atom. The second-order valence-corrected chi connectivity index (χ2v) is 9.00. The van der Waals surface area contributed by atoms with E-state index in [-0.39, 0.29) is 0 Å². The molecule has 0 fully saturated rings. The Kier molecular flexibility index (Phi) is 2.52. The Morgan fingerprint density at radius 1 is 1.08 bits per heavy atom. The average Bonchev–Trinajstić information content (AvgIpc) is 2.03. The predicted molar refractivity (Wildman–Crippen MR) is 54.2 cm³/mol. The van der Waals surface area contributed by atoms with E-state index in [4.69, 9.17) is 0 Å². The minimum absolute atomic E-state index is 0.525. The highest BCUT2D eigenvalue weighted by Gasteiger charge is 2.15. The number of hydrogen-bond acceptors (Lipinski definition) is 1. The standard InChI is InChI=1S/C9H14FNSi/c1-12(2,3)9-6-4-8(11-10)5-7-9/h4-7,11H,1-3H3. The first kappa shape index (κ1) is 9.26. The Morgan fingerprint density at radius 2 is 1.58 bits per heavy atom. The number of rotatable bonds is 2. The predicted octanol–water partition coefficient (Wildman–Crippen LogP) is 2.53. The molecule has 0 aromatic heterocycles. The van der Waals surface area contributed by atoms with Gasteiger partial charge in [0, 0.05) is 0 Å². The van der Waals surface area contributed by atoms with E-state index in [0.717, 1.165) is 0 Å². The first-order valence-corrected chi connectivity index (χ1v) is 7.51. The van der Waals surface area contributed by atoms with E-state index < -0.39 is 8.07 Å². The molecule has 12 heavy (non-hydrogen) atoms. The van der Waals surface area contributed by atoms with Crippen LogP contribution in [-0.4, -0.2) is 8.07 Å². The molecule has 3 heteroatoms. The lowest BCUT2D eigenvalue weighted by Gasteiger charge is -2.16. The zero-order valence-corrected chi connectivity index (χ0v) is 8.69. The highest BCUT2D eigenvalue weighted by atomic mass is 28.3. The highest BCUT2D eigenvalue weighted by molar-refractivity contribution is 6.88. The van der Waals surface area contributed by atoms with E-state index in [1.807, 2.05) is 12.1 Å². The molecule has 1 nitrogen and oxygen atoms in total. The van der Waals surface area contributed by atoms with Crippen molar-refractivity contribution in [3.8, 4) is 0 Å². The van der Waals surface area contributed by atoms with Crippen LogP contribution in [0.4, 0.5) is 10.2 Å². The van der Waals surface area contributed by atoms with Gasteiger partial charge in [-0.25, -0.2) is 5.54 Å². The summed E-state index contributed by atoms with van der Waals surface area (Å²) in [5.41, 5.74) is 2.15. The Bertz CT molecular complexity index is 250. The lowest BCUT2D eigenvalue weighted by molar-refractivity contribution is 0.618. The van der Waals surface area contributed by atoms with Gasteiger partial charge in [-0.3, -0.25) is 0 Å². The van der Waals surface area contributed by atoms with Crippen molar-refractivity contribution < 1.29 is 4.48 Å². The molecule has 0 atom stereocenters. The molecule has 0 saturated carbocycles. The summed E-state index contributed by atoms with van der Waals surface area (Å²) in [6.45, 7) is 6.81. The van der Waals surface area contributed by atoms with Gasteiger partial charge in [-0.15, -0.1) is 4.48 Å². The van der Waals surface area contributed by atoms with Gasteiger partial charge in [0.2, 0.25) is 0 Å². The third-order valence-corrected chi connectivity index (χ3v) is 3.93. The van der Waals surface area contributed by atoms with Gasteiger partial charge in [0.25, 0.3) is 0 Å². The van der Waals surface area contributed by atoms with Crippen LogP contribution in [0, 0.1) is 0 Å². The lowest BCUT2D eigenvalue weighted by atomic mass is 10.3. The number of benzene rings is 1. The highest BCUT2D eigenvalue weighted by Crippen LogP contribution is 2.07. The van der Waals surface area contributed by atoms with Crippen molar-refractivity contribution in [2.24, 2.45) is 0 Å². The molecule has 0 aliphatic carbocycles. The molecule has 0 spiro atoms. The van der Waals surface area contributed by atoms with Crippen molar-refractivity contribution >= 4 is 18.9 Å². The smallest absolute Gasteiger partial charge is 0.0775 e. The number of anilines is 1. The Balaban J connectivity index is 2.93. The number of nitrogens with one attached hydrogen (secondary N) is 1. The van der Waals surface area contributed by atoms with E-state index >= 15 is 0 Å². The van der Waals surface area contributed by atoms with Gasteiger partial charge in [-0.1, -0.05) is 37.0 Å². The zero-order valence-electron chi connectivity index (χ0n) is 7.69. The van der Waals surface area contributed by atoms with Crippen molar-refractivity contribution in [3.63, 3.8) is 0 Å². The summed E-state index contributed by atoms with van der Waals surface area (Å²) in [5, 5.41) is 1.35. The fourth-order valence-electron chi connectivity index (χ4n) is 1.03. The quantitative estimate of drug-likeness (QED) is 0.549. The molecular formula is C9H14FNSi. The molecule has 1 aromatic carbocycles. The SMILES string of the molecule is C[Si](C)(C)c1ccc(NF)cc1. The number of halogens is 1. The molecule has 0 saturated heterocycles. The van der Waals surface area contributed by atoms with E-state index in [2.05, 4.69) is 19.6 Å². The minimum Gasteiger partial charge on any atom is -0.225 e. The molecule has 0 bridgehead atoms. The first-order chi connectivity index (χ1) is 5.54. The number of hydrogen-bond donors (Lipinski definition) is 1. The maximum atomic E-state index is 11.9. The van der Waals surface area contributed by atoms with Crippen LogP contribution in [0.5, 0.6) is 0 Å². The summed E-state index contributed by atoms with van der Waals surface area (Å²) in [5.74, 6) is 0. The second kappa shape index (κ2) is 3.27. The molecule has 66 valence electrons. The van der Waals surface area contributed by atoms with Crippen molar-refractivity contribution in [2.75, 3.05) is 5.54 Å². The van der Waals surface area contributed by atoms with Crippen LogP contribution in [0.2, 0.25) is 19.6 Å². The molecule has 0 aliphatic heterocycles. The van der Waals surface area contributed by atoms with E-state index in [1.165, 1.54) is 5.19 Å². The van der Waals surface area contributed by atoms with Crippen molar-refractivity contribution in [1.82, 2.24) is 0 Å². The summed E-state index contributed by atoms with van der Waals surface area (Å²) >= 11 is 0. The summed E-state index contributed by atoms with van der Waals surface area (Å²) in [6.07, 6.45) is 0. The molecule has 0 radical (unpaired) electrons. The molecular weight excluding hydrogens is 169 g/mol. The lowest BCUT2D eigenvalue weighted by Crippen LogP contribution is -2.37. The molecule has 0 amide bonds. The van der Waals surface area contributed by atoms with Crippen LogP contribution in [0.1, 0.15) is 0 Å². The van der Waals surface area contributed by atoms with E-state index in [9.17, 15) is 4.48 Å². The Hall–Kier alpha value is -0.833. The van der Waals surface area contributed by atoms with E-state index in [0.29, 0.717) is 5.69 Å². The largest absolute Gasteiger partial charge is 0.225 e. The van der Waals surface area contributed by atoms with Gasteiger partial charge < -0.3 is 0 Å². The van der Waals surface area contributed by atoms with Gasteiger partial charge in [0.15, 0.2) is 0 Å². The van der Waals surface area contributed by atoms with Crippen LogP contribution in [0.15, 0.2) is 24.3 Å². The normalized spacial score (nSPS) is 11.3. The summed E-state index contributed by atoms with van der Waals surface area (Å²) in [6, 6.07) is 7.53. The van der Waals surface area contributed by atoms with Gasteiger partial charge >= 0.3 is 0 Å². The molecule has 0 unspecified atom stereocenters. The van der Waals surface area contributed by atoms with Crippen molar-refractivity contribution in [3.05, 3.63) is 24.3 Å². The van der Waals surface area contributed by atoms with Gasteiger partial charge in [0.1, 0.15) is 0 Å². The topological polar surface area (TPSA) is 12.0 Å². The fourth-order valence-corrected chi connectivity index (χ4v) is 2.20.